The molecule has 1 fully saturated rings. The zero-order valence-corrected chi connectivity index (χ0v) is 37.3. The average Bonchev–Trinajstić information content (AvgIpc) is 4.08. The number of nitrogens with two attached hydrogens (primary N) is 3. The molecule has 0 radical (unpaired) electrons. The van der Waals surface area contributed by atoms with Gasteiger partial charge in [0.25, 0.3) is 0 Å². The maximum absolute atomic E-state index is 14.6. The summed E-state index contributed by atoms with van der Waals surface area (Å²) in [5.41, 5.74) is 18.6. The number of carbonyl (C=O) groups excluding carboxylic acids is 6. The Labute approximate surface area is 381 Å². The monoisotopic (exact) mass is 928 g/mol. The van der Waals surface area contributed by atoms with E-state index >= 15 is 0 Å². The molecule has 8 atom stereocenters. The first-order chi connectivity index (χ1) is 30.5. The molecule has 15 N–H and O–H groups in total. The summed E-state index contributed by atoms with van der Waals surface area (Å²) in [6, 6.07) is -2.24. The van der Waals surface area contributed by atoms with Gasteiger partial charge in [-0.1, -0.05) is 32.4 Å². The van der Waals surface area contributed by atoms with E-state index in [1.54, 1.807) is 19.1 Å². The number of hydrogen-bond acceptors (Lipinski definition) is 12. The van der Waals surface area contributed by atoms with Crippen LogP contribution >= 0.6 is 12.4 Å². The second-order valence-electron chi connectivity index (χ2n) is 15.8. The normalized spacial score (nSPS) is 16.5. The first kappa shape index (κ1) is 52.6. The van der Waals surface area contributed by atoms with E-state index in [4.69, 9.17) is 17.2 Å². The predicted octanol–water partition coefficient (Wildman–Crippen LogP) is -1.77. The number of carboxylic acids is 1. The third-order valence-electron chi connectivity index (χ3n) is 10.9. The number of aromatic amines is 2. The molecule has 1 aliphatic heterocycles. The molecule has 23 nitrogen and oxygen atoms in total. The van der Waals surface area contributed by atoms with E-state index < -0.39 is 89.6 Å². The van der Waals surface area contributed by atoms with E-state index in [1.807, 2.05) is 6.92 Å². The zero-order valence-electron chi connectivity index (χ0n) is 36.5. The number of benzene rings is 1. The van der Waals surface area contributed by atoms with E-state index in [0.29, 0.717) is 29.8 Å². The number of hydrogen-bond donors (Lipinski definition) is 12. The number of aliphatic imine (C=N–C) groups is 1. The summed E-state index contributed by atoms with van der Waals surface area (Å²) in [5, 5.41) is 33.1. The maximum Gasteiger partial charge on any atom is 0.326 e. The van der Waals surface area contributed by atoms with Gasteiger partial charge >= 0.3 is 5.97 Å². The van der Waals surface area contributed by atoms with Crippen LogP contribution in [0.5, 0.6) is 5.75 Å². The smallest absolute Gasteiger partial charge is 0.326 e. The molecule has 4 rings (SSSR count). The molecule has 1 aromatic carbocycles. The van der Waals surface area contributed by atoms with E-state index in [1.165, 1.54) is 49.0 Å². The number of rotatable bonds is 24. The lowest BCUT2D eigenvalue weighted by molar-refractivity contribution is -0.143. The predicted molar refractivity (Wildman–Crippen MR) is 239 cm³/mol. The summed E-state index contributed by atoms with van der Waals surface area (Å²) in [6.45, 7) is 5.24. The summed E-state index contributed by atoms with van der Waals surface area (Å²) in [5.74, 6) is -6.04. The van der Waals surface area contributed by atoms with Crippen molar-refractivity contribution in [2.24, 2.45) is 28.1 Å². The summed E-state index contributed by atoms with van der Waals surface area (Å²) in [6.07, 6.45) is 7.01. The van der Waals surface area contributed by atoms with Gasteiger partial charge in [0.2, 0.25) is 35.4 Å². The lowest BCUT2D eigenvalue weighted by Crippen LogP contribution is -2.60. The lowest BCUT2D eigenvalue weighted by Gasteiger charge is -2.32. The van der Waals surface area contributed by atoms with Crippen molar-refractivity contribution in [1.82, 2.24) is 51.4 Å². The molecule has 2 aromatic heterocycles. The third kappa shape index (κ3) is 16.1. The van der Waals surface area contributed by atoms with Crippen LogP contribution in [0.3, 0.4) is 0 Å². The second kappa shape index (κ2) is 25.5. The Morgan fingerprint density at radius 2 is 1.46 bits per heavy atom. The van der Waals surface area contributed by atoms with Crippen LogP contribution in [0.25, 0.3) is 0 Å². The van der Waals surface area contributed by atoms with E-state index in [-0.39, 0.29) is 75.7 Å². The molecule has 0 saturated carbocycles. The number of amides is 6. The number of carboxylic acid groups (broad SMARTS) is 1. The number of halogens is 1. The highest BCUT2D eigenvalue weighted by molar-refractivity contribution is 5.97. The molecule has 356 valence electrons. The van der Waals surface area contributed by atoms with Crippen LogP contribution in [-0.4, -0.2) is 138 Å². The number of imidazole rings is 2. The van der Waals surface area contributed by atoms with E-state index in [2.05, 4.69) is 51.5 Å². The molecule has 6 amide bonds. The highest BCUT2D eigenvalue weighted by Gasteiger charge is 2.40. The summed E-state index contributed by atoms with van der Waals surface area (Å²) >= 11 is 0. The molecular formula is C41H61ClN14O9. The number of phenols is 1. The molecule has 1 aliphatic rings. The molecule has 1 saturated heterocycles. The van der Waals surface area contributed by atoms with Gasteiger partial charge in [0.1, 0.15) is 42.0 Å². The lowest BCUT2D eigenvalue weighted by atomic mass is 9.96. The number of H-pyrrole nitrogens is 2. The Morgan fingerprint density at radius 3 is 2.05 bits per heavy atom. The minimum atomic E-state index is -1.37. The van der Waals surface area contributed by atoms with Gasteiger partial charge in [-0.2, -0.15) is 0 Å². The molecule has 65 heavy (non-hydrogen) atoms. The van der Waals surface area contributed by atoms with Crippen LogP contribution in [0.15, 0.2) is 54.3 Å². The van der Waals surface area contributed by atoms with Crippen LogP contribution in [0.4, 0.5) is 0 Å². The van der Waals surface area contributed by atoms with Crippen LogP contribution in [-0.2, 0) is 52.8 Å². The Balaban J connectivity index is 0.0000112. The summed E-state index contributed by atoms with van der Waals surface area (Å²) in [4.78, 5) is 114. The number of nitrogens with one attached hydrogen (secondary N) is 7. The van der Waals surface area contributed by atoms with Crippen molar-refractivity contribution in [3.8, 4) is 5.75 Å². The third-order valence-corrected chi connectivity index (χ3v) is 10.9. The van der Waals surface area contributed by atoms with Crippen molar-refractivity contribution >= 4 is 59.8 Å². The summed E-state index contributed by atoms with van der Waals surface area (Å²) in [7, 11) is 0. The number of likely N-dealkylation sites (tertiary alicyclic amines) is 1. The Hall–Kier alpha value is -6.75. The van der Waals surface area contributed by atoms with Crippen LogP contribution in [0.1, 0.15) is 69.8 Å². The SMILES string of the molecule is CCC(C)C(NC(=O)C(C)NC(=O)C(N)Cc1cnc[nH]1)C(=O)NC(Cc1ccc(O)cc1)C(=O)N1CCCC1C(=O)NC(CCCN=C(N)N)C(=O)NC(Cc1cnc[nH]1)C(=O)O.Cl. The van der Waals surface area contributed by atoms with Crippen LogP contribution in [0, 0.1) is 5.92 Å². The Morgan fingerprint density at radius 1 is 0.831 bits per heavy atom. The largest absolute Gasteiger partial charge is 0.508 e. The minimum Gasteiger partial charge on any atom is -0.508 e. The van der Waals surface area contributed by atoms with Gasteiger partial charge in [-0.3, -0.25) is 33.8 Å². The van der Waals surface area contributed by atoms with Crippen molar-refractivity contribution in [3.63, 3.8) is 0 Å². The molecule has 0 aliphatic carbocycles. The summed E-state index contributed by atoms with van der Waals surface area (Å²) < 4.78 is 0. The molecule has 8 unspecified atom stereocenters. The fraction of sp³-hybridized carbons (Fsp3) is 0.512. The van der Waals surface area contributed by atoms with Crippen LogP contribution < -0.4 is 43.8 Å². The van der Waals surface area contributed by atoms with Crippen molar-refractivity contribution < 1.29 is 43.8 Å². The van der Waals surface area contributed by atoms with Crippen molar-refractivity contribution in [2.75, 3.05) is 13.1 Å². The first-order valence-corrected chi connectivity index (χ1v) is 21.1. The standard InChI is InChI=1S/C41H60N14O9.ClH/c1-4-22(2)33(54-34(57)23(3)50-35(58)28(42)16-25-18-45-20-48-25)38(61)52-30(15-24-9-11-27(56)12-10-24)39(62)55-14-6-8-32(55)37(60)51-29(7-5-13-47-41(43)44)36(59)53-31(40(63)64)17-26-19-46-21-49-26;/h9-12,18-23,28-33,56H,4-8,13-17,42H2,1-3H3,(H,45,48)(H,46,49)(H,50,58)(H,51,60)(H,52,61)(H,53,59)(H,54,57)(H,63,64)(H4,43,44,47);1H. The number of nitrogens with zero attached hydrogens (tertiary/aromatic N) is 4. The van der Waals surface area contributed by atoms with Crippen molar-refractivity contribution in [3.05, 3.63) is 66.3 Å². The van der Waals surface area contributed by atoms with Gasteiger partial charge in [0, 0.05) is 56.1 Å². The molecule has 3 aromatic rings. The topological polar surface area (TPSA) is 371 Å². The van der Waals surface area contributed by atoms with Gasteiger partial charge in [-0.25, -0.2) is 14.8 Å². The second-order valence-corrected chi connectivity index (χ2v) is 15.8. The van der Waals surface area contributed by atoms with Crippen LogP contribution in [0.2, 0.25) is 0 Å². The minimum absolute atomic E-state index is 0. The van der Waals surface area contributed by atoms with Gasteiger partial charge in [-0.15, -0.1) is 12.4 Å². The number of aromatic hydroxyl groups is 1. The molecule has 0 spiro atoms. The van der Waals surface area contributed by atoms with Gasteiger partial charge in [0.15, 0.2) is 5.96 Å². The number of carbonyl (C=O) groups is 7. The van der Waals surface area contributed by atoms with Gasteiger partial charge < -0.3 is 68.9 Å². The molecule has 0 bridgehead atoms. The van der Waals surface area contributed by atoms with Crippen molar-refractivity contribution in [1.29, 1.82) is 0 Å². The average molecular weight is 929 g/mol. The maximum atomic E-state index is 14.6. The number of phenolic OH excluding ortho intramolecular Hbond substituents is 1. The molecule has 3 heterocycles. The van der Waals surface area contributed by atoms with E-state index in [0.717, 1.165) is 0 Å². The number of guanidine groups is 1. The fourth-order valence-electron chi connectivity index (χ4n) is 7.05. The molecular weight excluding hydrogens is 868 g/mol. The van der Waals surface area contributed by atoms with Gasteiger partial charge in [-0.05, 0) is 56.2 Å². The Kier molecular flexibility index (Phi) is 20.6. The van der Waals surface area contributed by atoms with Crippen molar-refractivity contribution in [2.45, 2.75) is 114 Å². The number of aromatic nitrogens is 4. The van der Waals surface area contributed by atoms with E-state index in [9.17, 15) is 43.8 Å². The fourth-order valence-corrected chi connectivity index (χ4v) is 7.05. The highest BCUT2D eigenvalue weighted by atomic mass is 35.5. The number of aliphatic carboxylic acids is 1. The zero-order chi connectivity index (χ0) is 46.9. The highest BCUT2D eigenvalue weighted by Crippen LogP contribution is 2.22. The molecule has 24 heteroatoms. The first-order valence-electron chi connectivity index (χ1n) is 21.1. The Bertz CT molecular complexity index is 2070. The quantitative estimate of drug-likeness (QED) is 0.0269. The van der Waals surface area contributed by atoms with Gasteiger partial charge in [0.05, 0.1) is 18.7 Å².